The molecule has 0 amide bonds. The highest BCUT2D eigenvalue weighted by atomic mass is 16.5. The maximum atomic E-state index is 5.43. The summed E-state index contributed by atoms with van der Waals surface area (Å²) in [5.41, 5.74) is 2.17. The van der Waals surface area contributed by atoms with E-state index in [1.165, 1.54) is 38.6 Å². The Bertz CT molecular complexity index is 489. The third kappa shape index (κ3) is 8.70. The van der Waals surface area contributed by atoms with E-state index >= 15 is 0 Å². The Morgan fingerprint density at radius 2 is 1.73 bits per heavy atom. The number of aliphatic imine (C=N–C) groups is 1. The second-order valence-corrected chi connectivity index (χ2v) is 6.93. The fourth-order valence-electron chi connectivity index (χ4n) is 2.91. The van der Waals surface area contributed by atoms with Gasteiger partial charge in [0, 0.05) is 25.1 Å². The summed E-state index contributed by atoms with van der Waals surface area (Å²) in [6, 6.07) is 0. The molecule has 1 heterocycles. The van der Waals surface area contributed by atoms with Crippen LogP contribution in [0.2, 0.25) is 0 Å². The topological polar surface area (TPSA) is 65.7 Å². The summed E-state index contributed by atoms with van der Waals surface area (Å²) < 4.78 is 5.43. The van der Waals surface area contributed by atoms with Gasteiger partial charge in [0.2, 0.25) is 0 Å². The summed E-state index contributed by atoms with van der Waals surface area (Å²) >= 11 is 0. The van der Waals surface area contributed by atoms with Gasteiger partial charge in [0.1, 0.15) is 5.76 Å². The first kappa shape index (κ1) is 22.5. The minimum Gasteiger partial charge on any atom is -0.361 e. The Morgan fingerprint density at radius 3 is 2.38 bits per heavy atom. The first-order chi connectivity index (χ1) is 12.6. The molecule has 26 heavy (non-hydrogen) atoms. The molecule has 0 aromatic carbocycles. The van der Waals surface area contributed by atoms with Gasteiger partial charge in [0.25, 0.3) is 0 Å². The number of guanidine groups is 1. The van der Waals surface area contributed by atoms with Crippen molar-refractivity contribution in [3.63, 3.8) is 0 Å². The molecule has 2 N–H and O–H groups in total. The van der Waals surface area contributed by atoms with Crippen LogP contribution in [0.5, 0.6) is 0 Å². The summed E-state index contributed by atoms with van der Waals surface area (Å²) in [5, 5.41) is 10.9. The second-order valence-electron chi connectivity index (χ2n) is 6.93. The lowest BCUT2D eigenvalue weighted by atomic mass is 10.1. The Kier molecular flexibility index (Phi) is 11.8. The lowest BCUT2D eigenvalue weighted by molar-refractivity contribution is 0.380. The van der Waals surface area contributed by atoms with E-state index < -0.39 is 0 Å². The van der Waals surface area contributed by atoms with Crippen molar-refractivity contribution in [3.8, 4) is 0 Å². The van der Waals surface area contributed by atoms with Crippen LogP contribution in [0.1, 0.15) is 69.9 Å². The van der Waals surface area contributed by atoms with Crippen molar-refractivity contribution < 1.29 is 4.52 Å². The van der Waals surface area contributed by atoms with Gasteiger partial charge in [-0.05, 0) is 46.8 Å². The Morgan fingerprint density at radius 1 is 1.00 bits per heavy atom. The van der Waals surface area contributed by atoms with E-state index in [1.807, 2.05) is 0 Å². The van der Waals surface area contributed by atoms with E-state index in [2.05, 4.69) is 55.6 Å². The zero-order valence-corrected chi connectivity index (χ0v) is 17.5. The average Bonchev–Trinajstić information content (AvgIpc) is 3.03. The van der Waals surface area contributed by atoms with Crippen LogP contribution >= 0.6 is 0 Å². The Labute approximate surface area is 159 Å². The molecule has 150 valence electrons. The number of aromatic nitrogens is 1. The van der Waals surface area contributed by atoms with Crippen molar-refractivity contribution in [2.45, 2.75) is 72.3 Å². The molecule has 0 fully saturated rings. The molecule has 0 saturated carbocycles. The van der Waals surface area contributed by atoms with Crippen LogP contribution in [-0.2, 0) is 19.4 Å². The number of rotatable bonds is 13. The minimum atomic E-state index is 0.621. The standard InChI is InChI=1S/C20H39N5O/c1-6-18-17(19(7-2)26-24-18)16-23-20(21-8-3)22-14-12-10-9-11-13-15-25(4)5/h6-16H2,1-5H3,(H2,21,22,23). The molecule has 1 rings (SSSR count). The first-order valence-corrected chi connectivity index (χ1v) is 10.2. The summed E-state index contributed by atoms with van der Waals surface area (Å²) in [7, 11) is 4.27. The van der Waals surface area contributed by atoms with E-state index in [0.717, 1.165) is 48.9 Å². The van der Waals surface area contributed by atoms with Gasteiger partial charge in [-0.15, -0.1) is 0 Å². The third-order valence-corrected chi connectivity index (χ3v) is 4.42. The number of hydrogen-bond donors (Lipinski definition) is 2. The van der Waals surface area contributed by atoms with Crippen molar-refractivity contribution in [1.29, 1.82) is 0 Å². The maximum Gasteiger partial charge on any atom is 0.191 e. The highest BCUT2D eigenvalue weighted by molar-refractivity contribution is 5.79. The number of nitrogens with zero attached hydrogens (tertiary/aromatic N) is 3. The van der Waals surface area contributed by atoms with E-state index in [4.69, 9.17) is 9.52 Å². The molecule has 0 aliphatic heterocycles. The fraction of sp³-hybridized carbons (Fsp3) is 0.800. The Hall–Kier alpha value is -1.56. The highest BCUT2D eigenvalue weighted by Crippen LogP contribution is 2.16. The first-order valence-electron chi connectivity index (χ1n) is 10.2. The highest BCUT2D eigenvalue weighted by Gasteiger charge is 2.12. The monoisotopic (exact) mass is 365 g/mol. The van der Waals surface area contributed by atoms with Crippen molar-refractivity contribution in [2.75, 3.05) is 33.7 Å². The molecule has 0 atom stereocenters. The molecule has 0 saturated heterocycles. The number of nitrogens with one attached hydrogen (secondary N) is 2. The van der Waals surface area contributed by atoms with E-state index in [9.17, 15) is 0 Å². The zero-order chi connectivity index (χ0) is 19.2. The van der Waals surface area contributed by atoms with E-state index in [1.54, 1.807) is 0 Å². The smallest absolute Gasteiger partial charge is 0.191 e. The van der Waals surface area contributed by atoms with Crippen molar-refractivity contribution in [2.24, 2.45) is 4.99 Å². The van der Waals surface area contributed by atoms with Crippen molar-refractivity contribution >= 4 is 5.96 Å². The summed E-state index contributed by atoms with van der Waals surface area (Å²) in [6.45, 7) is 9.93. The molecule has 6 nitrogen and oxygen atoms in total. The molecule has 1 aromatic rings. The molecule has 0 spiro atoms. The molecule has 0 bridgehead atoms. The van der Waals surface area contributed by atoms with E-state index in [0.29, 0.717) is 6.54 Å². The Balaban J connectivity index is 2.37. The molecular formula is C20H39N5O. The van der Waals surface area contributed by atoms with E-state index in [-0.39, 0.29) is 0 Å². The zero-order valence-electron chi connectivity index (χ0n) is 17.5. The second kappa shape index (κ2) is 13.6. The molecule has 6 heteroatoms. The van der Waals surface area contributed by atoms with Crippen LogP contribution in [0.4, 0.5) is 0 Å². The van der Waals surface area contributed by atoms with Crippen LogP contribution in [0.3, 0.4) is 0 Å². The van der Waals surface area contributed by atoms with Gasteiger partial charge >= 0.3 is 0 Å². The fourth-order valence-corrected chi connectivity index (χ4v) is 2.91. The molecule has 0 unspecified atom stereocenters. The molecule has 0 radical (unpaired) electrons. The largest absolute Gasteiger partial charge is 0.361 e. The SMILES string of the molecule is CCNC(=NCc1c(CC)noc1CC)NCCCCCCCN(C)C. The van der Waals surface area contributed by atoms with Crippen LogP contribution in [0, 0.1) is 0 Å². The molecule has 0 aliphatic rings. The lowest BCUT2D eigenvalue weighted by Gasteiger charge is -2.12. The van der Waals surface area contributed by atoms with Crippen LogP contribution in [-0.4, -0.2) is 49.7 Å². The summed E-state index contributed by atoms with van der Waals surface area (Å²) in [6.07, 6.45) is 8.11. The van der Waals surface area contributed by atoms with Crippen LogP contribution in [0.15, 0.2) is 9.52 Å². The van der Waals surface area contributed by atoms with Crippen molar-refractivity contribution in [1.82, 2.24) is 20.7 Å². The third-order valence-electron chi connectivity index (χ3n) is 4.42. The number of unbranched alkanes of at least 4 members (excludes halogenated alkanes) is 4. The van der Waals surface area contributed by atoms with Crippen molar-refractivity contribution in [3.05, 3.63) is 17.0 Å². The quantitative estimate of drug-likeness (QED) is 0.319. The summed E-state index contributed by atoms with van der Waals surface area (Å²) in [5.74, 6) is 1.84. The van der Waals surface area contributed by atoms with Gasteiger partial charge in [-0.2, -0.15) is 0 Å². The van der Waals surface area contributed by atoms with Gasteiger partial charge in [-0.1, -0.05) is 38.3 Å². The molecule has 1 aromatic heterocycles. The minimum absolute atomic E-state index is 0.621. The summed E-state index contributed by atoms with van der Waals surface area (Å²) in [4.78, 5) is 6.98. The van der Waals surface area contributed by atoms with Gasteiger partial charge in [0.15, 0.2) is 5.96 Å². The van der Waals surface area contributed by atoms with Gasteiger partial charge < -0.3 is 20.1 Å². The van der Waals surface area contributed by atoms with Gasteiger partial charge in [0.05, 0.1) is 12.2 Å². The lowest BCUT2D eigenvalue weighted by Crippen LogP contribution is -2.37. The number of hydrogen-bond acceptors (Lipinski definition) is 4. The number of aryl methyl sites for hydroxylation is 2. The molecular weight excluding hydrogens is 326 g/mol. The predicted octanol–water partition coefficient (Wildman–Crippen LogP) is 3.37. The predicted molar refractivity (Wildman–Crippen MR) is 110 cm³/mol. The normalized spacial score (nSPS) is 12.0. The average molecular weight is 366 g/mol. The van der Waals surface area contributed by atoms with Crippen LogP contribution in [0.25, 0.3) is 0 Å². The van der Waals surface area contributed by atoms with Gasteiger partial charge in [-0.25, -0.2) is 4.99 Å². The van der Waals surface area contributed by atoms with Gasteiger partial charge in [-0.3, -0.25) is 0 Å². The van der Waals surface area contributed by atoms with Crippen LogP contribution < -0.4 is 10.6 Å². The molecule has 0 aliphatic carbocycles. The maximum absolute atomic E-state index is 5.43.